The number of ether oxygens (including phenoxy) is 2. The van der Waals surface area contributed by atoms with E-state index >= 15 is 0 Å². The summed E-state index contributed by atoms with van der Waals surface area (Å²) in [5, 5.41) is 12.5. The van der Waals surface area contributed by atoms with Crippen LogP contribution in [0.3, 0.4) is 0 Å². The molecule has 3 aromatic carbocycles. The number of aromatic carboxylic acids is 1. The summed E-state index contributed by atoms with van der Waals surface area (Å²) in [6.45, 7) is 5.43. The lowest BCUT2D eigenvalue weighted by molar-refractivity contribution is 0.0698. The van der Waals surface area contributed by atoms with Crippen LogP contribution < -0.4 is 15.0 Å². The van der Waals surface area contributed by atoms with Crippen LogP contribution in [0, 0.1) is 0 Å². The minimum atomic E-state index is -1.11. The number of amides is 1. The summed E-state index contributed by atoms with van der Waals surface area (Å²) in [7, 11) is 0. The number of carbonyl (C=O) groups is 2. The van der Waals surface area contributed by atoms with E-state index in [0.29, 0.717) is 31.1 Å². The van der Waals surface area contributed by atoms with Gasteiger partial charge in [0.15, 0.2) is 0 Å². The zero-order valence-corrected chi connectivity index (χ0v) is 19.8. The Kier molecular flexibility index (Phi) is 8.00. The SMILES string of the molecule is CCCCOc1cc(N2CCOCC2)ccc1C(=O)Nc1cc(-c2ccccc2)ccc1C(=O)O. The van der Waals surface area contributed by atoms with E-state index in [1.807, 2.05) is 42.5 Å². The van der Waals surface area contributed by atoms with Gasteiger partial charge in [-0.15, -0.1) is 0 Å². The van der Waals surface area contributed by atoms with Gasteiger partial charge in [0, 0.05) is 24.8 Å². The molecule has 0 aromatic heterocycles. The summed E-state index contributed by atoms with van der Waals surface area (Å²) < 4.78 is 11.4. The Morgan fingerprint density at radius 1 is 0.971 bits per heavy atom. The number of benzene rings is 3. The van der Waals surface area contributed by atoms with E-state index in [0.717, 1.165) is 42.7 Å². The van der Waals surface area contributed by atoms with Gasteiger partial charge in [0.05, 0.1) is 36.6 Å². The van der Waals surface area contributed by atoms with E-state index < -0.39 is 11.9 Å². The lowest BCUT2D eigenvalue weighted by atomic mass is 10.0. The van der Waals surface area contributed by atoms with E-state index in [2.05, 4.69) is 17.1 Å². The molecule has 0 atom stereocenters. The van der Waals surface area contributed by atoms with Gasteiger partial charge in [0.25, 0.3) is 5.91 Å². The van der Waals surface area contributed by atoms with Crippen molar-refractivity contribution in [2.75, 3.05) is 43.1 Å². The molecule has 182 valence electrons. The number of anilines is 2. The molecule has 1 heterocycles. The van der Waals surface area contributed by atoms with Crippen molar-refractivity contribution < 1.29 is 24.2 Å². The zero-order valence-electron chi connectivity index (χ0n) is 19.8. The minimum Gasteiger partial charge on any atom is -0.493 e. The molecule has 0 bridgehead atoms. The summed E-state index contributed by atoms with van der Waals surface area (Å²) in [6, 6.07) is 20.1. The number of unbranched alkanes of at least 4 members (excludes halogenated alkanes) is 1. The first-order chi connectivity index (χ1) is 17.1. The Bertz CT molecular complexity index is 1170. The second kappa shape index (κ2) is 11.5. The number of hydrogen-bond acceptors (Lipinski definition) is 5. The molecule has 0 aliphatic carbocycles. The highest BCUT2D eigenvalue weighted by molar-refractivity contribution is 6.09. The molecule has 0 radical (unpaired) electrons. The van der Waals surface area contributed by atoms with Gasteiger partial charge in [-0.1, -0.05) is 49.7 Å². The average Bonchev–Trinajstić information content (AvgIpc) is 2.89. The van der Waals surface area contributed by atoms with Crippen LogP contribution in [-0.2, 0) is 4.74 Å². The molecule has 1 aliphatic rings. The lowest BCUT2D eigenvalue weighted by Crippen LogP contribution is -2.36. The molecule has 0 saturated carbocycles. The van der Waals surface area contributed by atoms with Crippen LogP contribution in [-0.4, -0.2) is 49.9 Å². The fourth-order valence-corrected chi connectivity index (χ4v) is 4.00. The highest BCUT2D eigenvalue weighted by atomic mass is 16.5. The van der Waals surface area contributed by atoms with Gasteiger partial charge in [-0.25, -0.2) is 4.79 Å². The minimum absolute atomic E-state index is 0.0245. The van der Waals surface area contributed by atoms with E-state index in [9.17, 15) is 14.7 Å². The molecule has 3 aromatic rings. The van der Waals surface area contributed by atoms with Gasteiger partial charge in [-0.2, -0.15) is 0 Å². The summed E-state index contributed by atoms with van der Waals surface area (Å²) in [4.78, 5) is 27.4. The van der Waals surface area contributed by atoms with Crippen molar-refractivity contribution in [3.8, 4) is 16.9 Å². The van der Waals surface area contributed by atoms with E-state index in [1.165, 1.54) is 6.07 Å². The molecule has 4 rings (SSSR count). The smallest absolute Gasteiger partial charge is 0.337 e. The molecule has 1 aliphatic heterocycles. The summed E-state index contributed by atoms with van der Waals surface area (Å²) in [5.41, 5.74) is 3.33. The predicted octanol–water partition coefficient (Wildman–Crippen LogP) is 5.32. The number of rotatable bonds is 9. The van der Waals surface area contributed by atoms with Crippen LogP contribution in [0.2, 0.25) is 0 Å². The number of carboxylic acid groups (broad SMARTS) is 1. The van der Waals surface area contributed by atoms with Gasteiger partial charge >= 0.3 is 5.97 Å². The molecular weight excluding hydrogens is 444 g/mol. The van der Waals surface area contributed by atoms with Crippen LogP contribution in [0.1, 0.15) is 40.5 Å². The zero-order chi connectivity index (χ0) is 24.6. The Morgan fingerprint density at radius 3 is 2.43 bits per heavy atom. The Balaban J connectivity index is 1.64. The first-order valence-corrected chi connectivity index (χ1v) is 11.9. The van der Waals surface area contributed by atoms with Crippen LogP contribution in [0.25, 0.3) is 11.1 Å². The maximum atomic E-state index is 13.4. The van der Waals surface area contributed by atoms with Crippen LogP contribution in [0.5, 0.6) is 5.75 Å². The average molecular weight is 475 g/mol. The van der Waals surface area contributed by atoms with Gasteiger partial charge in [0.2, 0.25) is 0 Å². The highest BCUT2D eigenvalue weighted by Gasteiger charge is 2.20. The number of hydrogen-bond donors (Lipinski definition) is 2. The lowest BCUT2D eigenvalue weighted by Gasteiger charge is -2.29. The molecule has 1 saturated heterocycles. The maximum Gasteiger partial charge on any atom is 0.337 e. The summed E-state index contributed by atoms with van der Waals surface area (Å²) in [6.07, 6.45) is 1.84. The second-order valence-corrected chi connectivity index (χ2v) is 8.37. The quantitative estimate of drug-likeness (QED) is 0.408. The van der Waals surface area contributed by atoms with Gasteiger partial charge < -0.3 is 24.8 Å². The number of morpholine rings is 1. The second-order valence-electron chi connectivity index (χ2n) is 8.37. The Morgan fingerprint density at radius 2 is 1.71 bits per heavy atom. The Hall–Kier alpha value is -3.84. The van der Waals surface area contributed by atoms with Crippen molar-refractivity contribution in [2.24, 2.45) is 0 Å². The van der Waals surface area contributed by atoms with Crippen molar-refractivity contribution >= 4 is 23.3 Å². The fourth-order valence-electron chi connectivity index (χ4n) is 4.00. The van der Waals surface area contributed by atoms with E-state index in [4.69, 9.17) is 9.47 Å². The molecule has 2 N–H and O–H groups in total. The van der Waals surface area contributed by atoms with Gasteiger partial charge in [-0.05, 0) is 41.8 Å². The molecule has 0 spiro atoms. The standard InChI is InChI=1S/C28H30N2O5/c1-2-3-15-35-26-19-22(30-13-16-34-17-14-30)10-12-24(26)27(31)29-25-18-21(9-11-23(25)28(32)33)20-7-5-4-6-8-20/h4-12,18-19H,2-3,13-17H2,1H3,(H,29,31)(H,32,33). The largest absolute Gasteiger partial charge is 0.493 e. The molecule has 7 heteroatoms. The topological polar surface area (TPSA) is 88.1 Å². The third kappa shape index (κ3) is 6.00. The van der Waals surface area contributed by atoms with Crippen molar-refractivity contribution in [3.63, 3.8) is 0 Å². The van der Waals surface area contributed by atoms with Crippen LogP contribution in [0.15, 0.2) is 66.7 Å². The Labute approximate surface area is 205 Å². The number of carboxylic acids is 1. The third-order valence-electron chi connectivity index (χ3n) is 5.95. The molecule has 7 nitrogen and oxygen atoms in total. The number of carbonyl (C=O) groups excluding carboxylic acids is 1. The van der Waals surface area contributed by atoms with Crippen molar-refractivity contribution in [2.45, 2.75) is 19.8 Å². The normalized spacial score (nSPS) is 13.3. The molecule has 0 unspecified atom stereocenters. The highest BCUT2D eigenvalue weighted by Crippen LogP contribution is 2.30. The van der Waals surface area contributed by atoms with Crippen LogP contribution >= 0.6 is 0 Å². The van der Waals surface area contributed by atoms with Gasteiger partial charge in [-0.3, -0.25) is 4.79 Å². The monoisotopic (exact) mass is 474 g/mol. The molecular formula is C28H30N2O5. The third-order valence-corrected chi connectivity index (χ3v) is 5.95. The molecule has 1 fully saturated rings. The van der Waals surface area contributed by atoms with E-state index in [-0.39, 0.29) is 11.3 Å². The number of nitrogens with zero attached hydrogens (tertiary/aromatic N) is 1. The van der Waals surface area contributed by atoms with Crippen molar-refractivity contribution in [3.05, 3.63) is 77.9 Å². The summed E-state index contributed by atoms with van der Waals surface area (Å²) >= 11 is 0. The van der Waals surface area contributed by atoms with Crippen LogP contribution in [0.4, 0.5) is 11.4 Å². The first kappa shape index (κ1) is 24.3. The van der Waals surface area contributed by atoms with Crippen molar-refractivity contribution in [1.82, 2.24) is 0 Å². The molecule has 35 heavy (non-hydrogen) atoms. The number of nitrogens with one attached hydrogen (secondary N) is 1. The predicted molar refractivity (Wildman–Crippen MR) is 137 cm³/mol. The van der Waals surface area contributed by atoms with Crippen molar-refractivity contribution in [1.29, 1.82) is 0 Å². The maximum absolute atomic E-state index is 13.4. The first-order valence-electron chi connectivity index (χ1n) is 11.9. The van der Waals surface area contributed by atoms with E-state index in [1.54, 1.807) is 18.2 Å². The summed E-state index contributed by atoms with van der Waals surface area (Å²) in [5.74, 6) is -1.05. The fraction of sp³-hybridized carbons (Fsp3) is 0.286. The molecule has 1 amide bonds. The van der Waals surface area contributed by atoms with Gasteiger partial charge in [0.1, 0.15) is 5.75 Å².